The van der Waals surface area contributed by atoms with Gasteiger partial charge in [0.25, 0.3) is 0 Å². The Kier molecular flexibility index (Phi) is 7.87. The van der Waals surface area contributed by atoms with Crippen LogP contribution in [0.4, 0.5) is 5.82 Å². The van der Waals surface area contributed by atoms with Crippen molar-refractivity contribution in [2.24, 2.45) is 11.8 Å². The minimum absolute atomic E-state index is 0.0529. The summed E-state index contributed by atoms with van der Waals surface area (Å²) in [5.74, 6) is 0.502. The molecule has 0 atom stereocenters. The summed E-state index contributed by atoms with van der Waals surface area (Å²) in [4.78, 5) is 33.5. The van der Waals surface area contributed by atoms with E-state index in [-0.39, 0.29) is 24.5 Å². The predicted molar refractivity (Wildman–Crippen MR) is 155 cm³/mol. The molecule has 2 aliphatic rings. The molecule has 4 aromatic rings. The van der Waals surface area contributed by atoms with E-state index < -0.39 is 5.97 Å². The van der Waals surface area contributed by atoms with E-state index in [0.29, 0.717) is 49.1 Å². The van der Waals surface area contributed by atoms with Crippen LogP contribution >= 0.6 is 0 Å². The van der Waals surface area contributed by atoms with Crippen molar-refractivity contribution in [3.8, 4) is 16.8 Å². The second-order valence-electron chi connectivity index (χ2n) is 11.1. The van der Waals surface area contributed by atoms with Gasteiger partial charge >= 0.3 is 5.97 Å². The van der Waals surface area contributed by atoms with Crippen LogP contribution in [0.25, 0.3) is 27.9 Å². The van der Waals surface area contributed by atoms with Crippen molar-refractivity contribution in [1.82, 2.24) is 14.8 Å². The Morgan fingerprint density at radius 1 is 1.02 bits per heavy atom. The number of rotatable bonds is 7. The zero-order chi connectivity index (χ0) is 28.3. The highest BCUT2D eigenvalue weighted by atomic mass is 16.5. The van der Waals surface area contributed by atoms with Crippen molar-refractivity contribution in [3.63, 3.8) is 0 Å². The number of hydrogen-bond acceptors (Lipinski definition) is 7. The summed E-state index contributed by atoms with van der Waals surface area (Å²) >= 11 is 0. The molecule has 1 saturated carbocycles. The minimum atomic E-state index is -0.480. The highest BCUT2D eigenvalue weighted by Gasteiger charge is 2.37. The topological polar surface area (TPSA) is 99.7 Å². The number of ether oxygens (including phenoxy) is 2. The Labute approximate surface area is 239 Å². The normalized spacial score (nSPS) is 19.8. The van der Waals surface area contributed by atoms with Crippen LogP contribution < -0.4 is 4.90 Å². The van der Waals surface area contributed by atoms with Crippen LogP contribution in [-0.2, 0) is 14.3 Å². The fourth-order valence-electron chi connectivity index (χ4n) is 5.96. The number of esters is 1. The van der Waals surface area contributed by atoms with Gasteiger partial charge in [0.05, 0.1) is 18.6 Å². The third-order valence-electron chi connectivity index (χ3n) is 8.35. The molecule has 6 rings (SSSR count). The molecule has 214 valence electrons. The molecule has 9 heteroatoms. The first-order valence-electron chi connectivity index (χ1n) is 14.6. The molecule has 1 aliphatic carbocycles. The van der Waals surface area contributed by atoms with Crippen molar-refractivity contribution >= 4 is 28.8 Å². The van der Waals surface area contributed by atoms with E-state index in [4.69, 9.17) is 19.0 Å². The lowest BCUT2D eigenvalue weighted by molar-refractivity contribution is -0.124. The van der Waals surface area contributed by atoms with Crippen molar-refractivity contribution in [2.75, 3.05) is 24.7 Å². The maximum absolute atomic E-state index is 14.1. The fourth-order valence-corrected chi connectivity index (χ4v) is 5.96. The third kappa shape index (κ3) is 5.63. The molecule has 4 heterocycles. The van der Waals surface area contributed by atoms with Crippen LogP contribution in [0.5, 0.6) is 0 Å². The number of carbonyl (C=O) groups excluding carboxylic acids is 2. The lowest BCUT2D eigenvalue weighted by Gasteiger charge is -2.37. The number of benzene rings is 1. The Balaban J connectivity index is 1.36. The maximum atomic E-state index is 14.1. The summed E-state index contributed by atoms with van der Waals surface area (Å²) < 4.78 is 18.1. The fraction of sp³-hybridized carbons (Fsp3) is 0.438. The molecule has 1 saturated heterocycles. The quantitative estimate of drug-likeness (QED) is 0.250. The highest BCUT2D eigenvalue weighted by molar-refractivity contribution is 6.02. The van der Waals surface area contributed by atoms with E-state index in [9.17, 15) is 9.59 Å². The van der Waals surface area contributed by atoms with Gasteiger partial charge in [-0.25, -0.2) is 14.5 Å². The summed E-state index contributed by atoms with van der Waals surface area (Å²) in [7, 11) is 0. The lowest BCUT2D eigenvalue weighted by atomic mass is 9.82. The molecule has 1 aromatic carbocycles. The molecule has 41 heavy (non-hydrogen) atoms. The zero-order valence-electron chi connectivity index (χ0n) is 23.6. The molecule has 9 nitrogen and oxygen atoms in total. The summed E-state index contributed by atoms with van der Waals surface area (Å²) in [6, 6.07) is 11.7. The average Bonchev–Trinajstić information content (AvgIpc) is 3.66. The SMILES string of the molecule is CCOC(=O)c1cn(-c2ccc(-c3cnc4occc4c3)cc2)nc1N(C(=O)C1CCC(C)CC1)C1CCOCC1. The molecule has 0 N–H and O–H groups in total. The van der Waals surface area contributed by atoms with Crippen molar-refractivity contribution in [1.29, 1.82) is 0 Å². The minimum Gasteiger partial charge on any atom is -0.462 e. The lowest BCUT2D eigenvalue weighted by Crippen LogP contribution is -2.47. The van der Waals surface area contributed by atoms with Gasteiger partial charge in [-0.05, 0) is 81.2 Å². The number of hydrogen-bond donors (Lipinski definition) is 0. The Bertz CT molecular complexity index is 1510. The molecular weight excluding hydrogens is 520 g/mol. The predicted octanol–water partition coefficient (Wildman–Crippen LogP) is 6.20. The summed E-state index contributed by atoms with van der Waals surface area (Å²) in [5.41, 5.74) is 3.64. The van der Waals surface area contributed by atoms with Gasteiger partial charge in [-0.3, -0.25) is 9.69 Å². The molecule has 1 amide bonds. The summed E-state index contributed by atoms with van der Waals surface area (Å²) in [6.45, 7) is 5.41. The zero-order valence-corrected chi connectivity index (χ0v) is 23.6. The number of furan rings is 1. The van der Waals surface area contributed by atoms with Crippen molar-refractivity contribution in [2.45, 2.75) is 58.4 Å². The summed E-state index contributed by atoms with van der Waals surface area (Å²) in [6.07, 6.45) is 10.3. The number of nitrogens with zero attached hydrogens (tertiary/aromatic N) is 4. The second kappa shape index (κ2) is 11.9. The summed E-state index contributed by atoms with van der Waals surface area (Å²) in [5, 5.41) is 5.82. The highest BCUT2D eigenvalue weighted by Crippen LogP contribution is 2.35. The number of anilines is 1. The Hall–Kier alpha value is -3.98. The van der Waals surface area contributed by atoms with E-state index in [1.165, 1.54) is 0 Å². The van der Waals surface area contributed by atoms with Crippen LogP contribution in [0.3, 0.4) is 0 Å². The smallest absolute Gasteiger partial charge is 0.343 e. The monoisotopic (exact) mass is 556 g/mol. The second-order valence-corrected chi connectivity index (χ2v) is 11.1. The average molecular weight is 557 g/mol. The largest absolute Gasteiger partial charge is 0.462 e. The van der Waals surface area contributed by atoms with Crippen molar-refractivity contribution < 1.29 is 23.5 Å². The van der Waals surface area contributed by atoms with E-state index in [1.54, 1.807) is 35.2 Å². The number of amides is 1. The molecule has 0 spiro atoms. The van der Waals surface area contributed by atoms with Gasteiger partial charge in [-0.15, -0.1) is 5.10 Å². The number of carbonyl (C=O) groups is 2. The van der Waals surface area contributed by atoms with Gasteiger partial charge in [0.1, 0.15) is 5.56 Å². The van der Waals surface area contributed by atoms with Gasteiger partial charge < -0.3 is 13.9 Å². The van der Waals surface area contributed by atoms with Gasteiger partial charge in [-0.1, -0.05) is 19.1 Å². The van der Waals surface area contributed by atoms with Gasteiger partial charge in [0.2, 0.25) is 11.6 Å². The number of aromatic nitrogens is 3. The Morgan fingerprint density at radius 2 is 1.78 bits per heavy atom. The first kappa shape index (κ1) is 27.2. The third-order valence-corrected chi connectivity index (χ3v) is 8.35. The van der Waals surface area contributed by atoms with Gasteiger partial charge in [-0.2, -0.15) is 0 Å². The van der Waals surface area contributed by atoms with E-state index in [2.05, 4.69) is 11.9 Å². The first-order chi connectivity index (χ1) is 20.0. The molecular formula is C32H36N4O5. The number of pyridine rings is 1. The molecule has 1 aliphatic heterocycles. The van der Waals surface area contributed by atoms with Gasteiger partial charge in [0.15, 0.2) is 5.82 Å². The van der Waals surface area contributed by atoms with E-state index >= 15 is 0 Å². The van der Waals surface area contributed by atoms with E-state index in [0.717, 1.165) is 47.9 Å². The first-order valence-corrected chi connectivity index (χ1v) is 14.6. The number of fused-ring (bicyclic) bond motifs is 1. The van der Waals surface area contributed by atoms with Crippen LogP contribution in [0.15, 0.2) is 59.5 Å². The van der Waals surface area contributed by atoms with Crippen LogP contribution in [0.1, 0.15) is 62.7 Å². The van der Waals surface area contributed by atoms with Crippen LogP contribution in [-0.4, -0.2) is 52.5 Å². The Morgan fingerprint density at radius 3 is 2.51 bits per heavy atom. The molecule has 3 aromatic heterocycles. The maximum Gasteiger partial charge on any atom is 0.343 e. The molecule has 0 unspecified atom stereocenters. The van der Waals surface area contributed by atoms with Gasteiger partial charge in [0, 0.05) is 48.5 Å². The molecule has 2 fully saturated rings. The van der Waals surface area contributed by atoms with Crippen LogP contribution in [0, 0.1) is 11.8 Å². The van der Waals surface area contributed by atoms with Crippen LogP contribution in [0.2, 0.25) is 0 Å². The van der Waals surface area contributed by atoms with Crippen molar-refractivity contribution in [3.05, 3.63) is 60.6 Å². The molecule has 0 radical (unpaired) electrons. The van der Waals surface area contributed by atoms with E-state index in [1.807, 2.05) is 36.4 Å². The standard InChI is InChI=1S/C32H36N4O5/c1-3-40-32(38)28-20-35(26-10-8-22(9-11-26)25-18-24-12-17-41-30(24)33-19-25)34-29(28)36(27-13-15-39-16-14-27)31(37)23-6-4-21(2)5-7-23/h8-12,17-21,23,27H,3-7,13-16H2,1-2H3. The molecule has 0 bridgehead atoms.